The van der Waals surface area contributed by atoms with E-state index in [0.717, 1.165) is 38.3 Å². The van der Waals surface area contributed by atoms with E-state index in [1.807, 2.05) is 67.5 Å². The number of aromatic nitrogens is 5. The molecule has 0 aliphatic carbocycles. The van der Waals surface area contributed by atoms with Crippen LogP contribution in [0.3, 0.4) is 0 Å². The number of aryl methyl sites for hydroxylation is 1. The number of halogens is 2. The van der Waals surface area contributed by atoms with Crippen LogP contribution in [0.25, 0.3) is 54.8 Å². The van der Waals surface area contributed by atoms with E-state index in [9.17, 15) is 14.0 Å². The fraction of sp³-hybridized carbons (Fsp3) is 0.289. The highest BCUT2D eigenvalue weighted by Gasteiger charge is 2.34. The Morgan fingerprint density at radius 3 is 2.65 bits per heavy atom. The molecule has 0 bridgehead atoms. The maximum atomic E-state index is 16.4. The molecule has 6 aromatic rings. The lowest BCUT2D eigenvalue weighted by molar-refractivity contribution is -0.129. The monoisotopic (exact) mass is 707 g/mol. The largest absolute Gasteiger partial charge is 0.492 e. The van der Waals surface area contributed by atoms with Gasteiger partial charge in [0, 0.05) is 84.5 Å². The minimum Gasteiger partial charge on any atom is -0.492 e. The molecular weight excluding hydrogens is 673 g/mol. The molecule has 0 spiro atoms. The third-order valence-electron chi connectivity index (χ3n) is 9.91. The summed E-state index contributed by atoms with van der Waals surface area (Å²) in [5, 5.41) is 13.3. The molecule has 2 aliphatic rings. The minimum atomic E-state index is -0.807. The number of carbonyl (C=O) groups is 2. The summed E-state index contributed by atoms with van der Waals surface area (Å²) in [5.74, 6) is -1.88. The van der Waals surface area contributed by atoms with Gasteiger partial charge in [0.05, 0.1) is 41.2 Å². The van der Waals surface area contributed by atoms with Crippen LogP contribution in [0.4, 0.5) is 8.78 Å². The Bertz CT molecular complexity index is 2400. The van der Waals surface area contributed by atoms with E-state index in [1.165, 1.54) is 23.5 Å². The second-order valence-electron chi connectivity index (χ2n) is 13.5. The predicted octanol–water partition coefficient (Wildman–Crippen LogP) is 7.17. The molecule has 10 nitrogen and oxygen atoms in total. The van der Waals surface area contributed by atoms with Gasteiger partial charge in [-0.25, -0.2) is 13.8 Å². The van der Waals surface area contributed by atoms with Crippen molar-refractivity contribution in [3.05, 3.63) is 84.0 Å². The molecule has 0 unspecified atom stereocenters. The van der Waals surface area contributed by atoms with Gasteiger partial charge in [0.25, 0.3) is 0 Å². The van der Waals surface area contributed by atoms with Gasteiger partial charge in [-0.2, -0.15) is 10.2 Å². The molecule has 4 aromatic heterocycles. The van der Waals surface area contributed by atoms with Crippen molar-refractivity contribution in [1.29, 1.82) is 0 Å². The van der Waals surface area contributed by atoms with Crippen molar-refractivity contribution in [3.63, 3.8) is 0 Å². The number of likely N-dealkylation sites (tertiary alicyclic amines) is 1. The van der Waals surface area contributed by atoms with E-state index >= 15 is 4.39 Å². The van der Waals surface area contributed by atoms with Crippen LogP contribution < -0.4 is 4.74 Å². The first-order chi connectivity index (χ1) is 24.5. The van der Waals surface area contributed by atoms with E-state index in [2.05, 4.69) is 11.7 Å². The zero-order valence-corrected chi connectivity index (χ0v) is 29.4. The Kier molecular flexibility index (Phi) is 7.97. The molecule has 6 heterocycles. The molecule has 0 N–H and O–H groups in total. The smallest absolute Gasteiger partial charge is 0.246 e. The van der Waals surface area contributed by atoms with Crippen LogP contribution >= 0.6 is 11.3 Å². The first kappa shape index (κ1) is 32.8. The van der Waals surface area contributed by atoms with Crippen molar-refractivity contribution in [2.45, 2.75) is 32.4 Å². The molecule has 1 fully saturated rings. The van der Waals surface area contributed by atoms with E-state index < -0.39 is 11.6 Å². The third kappa shape index (κ3) is 5.56. The third-order valence-corrected chi connectivity index (χ3v) is 10.8. The molecule has 260 valence electrons. The van der Waals surface area contributed by atoms with Gasteiger partial charge in [-0.15, -0.1) is 11.3 Å². The van der Waals surface area contributed by atoms with Crippen molar-refractivity contribution in [2.75, 3.05) is 26.7 Å². The van der Waals surface area contributed by atoms with Crippen LogP contribution in [0, 0.1) is 17.6 Å². The van der Waals surface area contributed by atoms with Crippen molar-refractivity contribution >= 4 is 44.1 Å². The summed E-state index contributed by atoms with van der Waals surface area (Å²) in [4.78, 5) is 33.7. The van der Waals surface area contributed by atoms with E-state index in [4.69, 9.17) is 14.8 Å². The standard InChI is InChI=1S/C38H35F2N7O3S/c1-6-32(48)46-16-20(2)47-30(21(46)3)15-29(43-47)37-35(34-27(40)13-25(39)14-31(34)50-19-22-11-33(49)44(4)17-22)38-26(9-10-51-38)36(41-37)23-7-8-24-18-45(5)42-28(24)12-23/h6-10,12-15,18,20-22H,1,11,16-17,19H2,2-5H3/t20-,21+,22+/m0/s1. The van der Waals surface area contributed by atoms with Gasteiger partial charge in [0.15, 0.2) is 0 Å². The van der Waals surface area contributed by atoms with Crippen molar-refractivity contribution in [1.82, 2.24) is 34.3 Å². The molecule has 0 radical (unpaired) electrons. The summed E-state index contributed by atoms with van der Waals surface area (Å²) in [5.41, 5.74) is 4.41. The van der Waals surface area contributed by atoms with Crippen LogP contribution in [-0.2, 0) is 16.6 Å². The van der Waals surface area contributed by atoms with Gasteiger partial charge in [-0.05, 0) is 43.5 Å². The van der Waals surface area contributed by atoms with Gasteiger partial charge in [0.2, 0.25) is 11.8 Å². The number of ether oxygens (including phenoxy) is 1. The first-order valence-electron chi connectivity index (χ1n) is 16.7. The maximum absolute atomic E-state index is 16.4. The Morgan fingerprint density at radius 2 is 1.88 bits per heavy atom. The zero-order valence-electron chi connectivity index (χ0n) is 28.6. The lowest BCUT2D eigenvalue weighted by atomic mass is 9.96. The van der Waals surface area contributed by atoms with Crippen LogP contribution in [0.5, 0.6) is 5.75 Å². The van der Waals surface area contributed by atoms with Crippen LogP contribution in [0.15, 0.2) is 66.7 Å². The van der Waals surface area contributed by atoms with Gasteiger partial charge < -0.3 is 14.5 Å². The highest BCUT2D eigenvalue weighted by Crippen LogP contribution is 2.48. The average molecular weight is 708 g/mol. The molecule has 2 amide bonds. The molecular formula is C38H35F2N7O3S. The summed E-state index contributed by atoms with van der Waals surface area (Å²) in [6.07, 6.45) is 3.55. The molecule has 8 rings (SSSR count). The molecule has 0 saturated carbocycles. The molecule has 13 heteroatoms. The Balaban J connectivity index is 1.36. The predicted molar refractivity (Wildman–Crippen MR) is 192 cm³/mol. The van der Waals surface area contributed by atoms with Crippen LogP contribution in [0.1, 0.15) is 38.0 Å². The summed E-state index contributed by atoms with van der Waals surface area (Å²) in [6.45, 7) is 8.63. The number of nitrogens with zero attached hydrogens (tertiary/aromatic N) is 7. The number of pyridine rings is 1. The van der Waals surface area contributed by atoms with E-state index in [-0.39, 0.29) is 47.7 Å². The fourth-order valence-corrected chi connectivity index (χ4v) is 8.35. The van der Waals surface area contributed by atoms with Crippen molar-refractivity contribution < 1.29 is 23.1 Å². The quantitative estimate of drug-likeness (QED) is 0.163. The number of rotatable bonds is 7. The Labute approximate surface area is 296 Å². The summed E-state index contributed by atoms with van der Waals surface area (Å²) >= 11 is 1.42. The average Bonchev–Trinajstić information content (AvgIpc) is 3.90. The lowest BCUT2D eigenvalue weighted by Gasteiger charge is -2.36. The number of fused-ring (bicyclic) bond motifs is 3. The summed E-state index contributed by atoms with van der Waals surface area (Å²) in [7, 11) is 3.60. The number of hydrogen-bond donors (Lipinski definition) is 0. The number of thiophene rings is 1. The number of carbonyl (C=O) groups excluding carboxylic acids is 2. The number of benzene rings is 2. The highest BCUT2D eigenvalue weighted by molar-refractivity contribution is 7.18. The van der Waals surface area contributed by atoms with Gasteiger partial charge in [0.1, 0.15) is 28.8 Å². The lowest BCUT2D eigenvalue weighted by Crippen LogP contribution is -2.42. The van der Waals surface area contributed by atoms with Crippen LogP contribution in [-0.4, -0.2) is 72.9 Å². The van der Waals surface area contributed by atoms with Crippen molar-refractivity contribution in [3.8, 4) is 39.5 Å². The number of hydrogen-bond acceptors (Lipinski definition) is 7. The first-order valence-corrected chi connectivity index (χ1v) is 17.6. The van der Waals surface area contributed by atoms with Gasteiger partial charge in [-0.1, -0.05) is 18.7 Å². The van der Waals surface area contributed by atoms with Crippen LogP contribution in [0.2, 0.25) is 0 Å². The van der Waals surface area contributed by atoms with Gasteiger partial charge >= 0.3 is 0 Å². The molecule has 2 aromatic carbocycles. The van der Waals surface area contributed by atoms with E-state index in [0.29, 0.717) is 42.2 Å². The number of amides is 2. The minimum absolute atomic E-state index is 0.000989. The molecule has 1 saturated heterocycles. The second kappa shape index (κ2) is 12.4. The van der Waals surface area contributed by atoms with Crippen molar-refractivity contribution in [2.24, 2.45) is 13.0 Å². The zero-order chi connectivity index (χ0) is 35.7. The fourth-order valence-electron chi connectivity index (χ4n) is 7.40. The normalized spacial score (nSPS) is 18.9. The Morgan fingerprint density at radius 1 is 1.06 bits per heavy atom. The topological polar surface area (TPSA) is 98.4 Å². The highest BCUT2D eigenvalue weighted by atomic mass is 32.1. The molecule has 51 heavy (non-hydrogen) atoms. The second-order valence-corrected chi connectivity index (χ2v) is 14.4. The summed E-state index contributed by atoms with van der Waals surface area (Å²) in [6, 6.07) is 11.3. The Hall–Kier alpha value is -5.43. The van der Waals surface area contributed by atoms with Gasteiger partial charge in [-0.3, -0.25) is 19.0 Å². The summed E-state index contributed by atoms with van der Waals surface area (Å²) < 4.78 is 41.9. The van der Waals surface area contributed by atoms with E-state index in [1.54, 1.807) is 21.5 Å². The molecule has 2 aliphatic heterocycles. The molecule has 3 atom stereocenters. The SMILES string of the molecule is C=CC(=O)N1C[C@H](C)n2nc(-c3nc(-c4ccc5cn(C)nc5c4)c4ccsc4c3-c3c(F)cc(F)cc3OC[C@@H]3CC(=O)N(C)C3)cc2[C@H]1C. The maximum Gasteiger partial charge on any atom is 0.246 e.